The maximum atomic E-state index is 12.3. The lowest BCUT2D eigenvalue weighted by Crippen LogP contribution is -2.38. The van der Waals surface area contributed by atoms with Gasteiger partial charge in [-0.25, -0.2) is 9.80 Å². The molecule has 1 aliphatic heterocycles. The van der Waals surface area contributed by atoms with E-state index in [2.05, 4.69) is 10.1 Å². The number of hydrazone groups is 1. The minimum Gasteiger partial charge on any atom is -0.475 e. The molecular weight excluding hydrogens is 369 g/mol. The van der Waals surface area contributed by atoms with E-state index in [-0.39, 0.29) is 11.8 Å². The number of halogens is 3. The molecule has 0 radical (unpaired) electrons. The van der Waals surface area contributed by atoms with Crippen LogP contribution in [0.3, 0.4) is 0 Å². The number of hydrogen-bond donors (Lipinski definition) is 1. The second kappa shape index (κ2) is 9.10. The molecule has 1 aromatic heterocycles. The van der Waals surface area contributed by atoms with Crippen molar-refractivity contribution in [3.05, 3.63) is 29.6 Å². The number of aryl methyl sites for hydroxylation is 1. The molecule has 2 amide bonds. The average molecular weight is 388 g/mol. The van der Waals surface area contributed by atoms with Crippen LogP contribution < -0.4 is 0 Å². The summed E-state index contributed by atoms with van der Waals surface area (Å²) in [5.41, 5.74) is 2.33. The van der Waals surface area contributed by atoms with Crippen LogP contribution in [0.1, 0.15) is 24.1 Å². The van der Waals surface area contributed by atoms with Crippen molar-refractivity contribution in [1.29, 1.82) is 0 Å². The van der Waals surface area contributed by atoms with Crippen LogP contribution in [0.15, 0.2) is 23.4 Å². The number of aromatic nitrogens is 1. The number of alkyl halides is 3. The summed E-state index contributed by atoms with van der Waals surface area (Å²) in [4.78, 5) is 38.4. The Bertz CT molecular complexity index is 749. The van der Waals surface area contributed by atoms with E-state index in [1.165, 1.54) is 5.01 Å². The van der Waals surface area contributed by atoms with Crippen molar-refractivity contribution in [3.63, 3.8) is 0 Å². The number of aliphatic carboxylic acids is 1. The Labute approximate surface area is 153 Å². The van der Waals surface area contributed by atoms with Gasteiger partial charge in [-0.05, 0) is 18.6 Å². The molecule has 0 saturated carbocycles. The first-order valence-corrected chi connectivity index (χ1v) is 7.73. The van der Waals surface area contributed by atoms with Crippen molar-refractivity contribution in [1.82, 2.24) is 14.9 Å². The van der Waals surface area contributed by atoms with E-state index in [9.17, 15) is 22.8 Å². The standard InChI is InChI=1S/C14H18N4O2.C2HF3O2/c1-10-5-4-8-15-12(10)9-17(2)14(20)11-6-7-13(19)18(3)16-11;3-2(4,5)1(6)7/h4-5,8H,6-7,9H2,1-3H3;(H,6,7). The van der Waals surface area contributed by atoms with Crippen LogP contribution in [0.4, 0.5) is 13.2 Å². The zero-order valence-electron chi connectivity index (χ0n) is 14.9. The molecule has 0 aromatic carbocycles. The highest BCUT2D eigenvalue weighted by Gasteiger charge is 2.38. The zero-order chi connectivity index (χ0) is 20.8. The second-order valence-corrected chi connectivity index (χ2v) is 5.70. The van der Waals surface area contributed by atoms with Crippen molar-refractivity contribution < 1.29 is 32.7 Å². The molecule has 0 unspecified atom stereocenters. The Morgan fingerprint density at radius 3 is 2.41 bits per heavy atom. The van der Waals surface area contributed by atoms with Crippen LogP contribution in [-0.4, -0.2) is 63.8 Å². The number of carbonyl (C=O) groups excluding carboxylic acids is 2. The van der Waals surface area contributed by atoms with Gasteiger partial charge in [-0.1, -0.05) is 6.07 Å². The van der Waals surface area contributed by atoms with Crippen LogP contribution in [-0.2, 0) is 20.9 Å². The Hall–Kier alpha value is -2.98. The first kappa shape index (κ1) is 22.1. The lowest BCUT2D eigenvalue weighted by molar-refractivity contribution is -0.192. The molecule has 8 nitrogen and oxygen atoms in total. The highest BCUT2D eigenvalue weighted by Crippen LogP contribution is 2.13. The number of carboxylic acids is 1. The van der Waals surface area contributed by atoms with Crippen LogP contribution in [0.2, 0.25) is 0 Å². The smallest absolute Gasteiger partial charge is 0.475 e. The van der Waals surface area contributed by atoms with Crippen molar-refractivity contribution in [2.75, 3.05) is 14.1 Å². The normalized spacial score (nSPS) is 14.1. The fourth-order valence-corrected chi connectivity index (χ4v) is 2.02. The van der Waals surface area contributed by atoms with E-state index in [1.807, 2.05) is 19.1 Å². The summed E-state index contributed by atoms with van der Waals surface area (Å²) in [6, 6.07) is 3.83. The molecule has 0 saturated heterocycles. The SMILES string of the molecule is Cc1cccnc1CN(C)C(=O)C1=NN(C)C(=O)CC1.O=C(O)C(F)(F)F. The van der Waals surface area contributed by atoms with Crippen molar-refractivity contribution in [3.8, 4) is 0 Å². The van der Waals surface area contributed by atoms with E-state index in [4.69, 9.17) is 9.90 Å². The van der Waals surface area contributed by atoms with E-state index < -0.39 is 12.1 Å². The molecule has 2 rings (SSSR count). The van der Waals surface area contributed by atoms with Crippen LogP contribution >= 0.6 is 0 Å². The fraction of sp³-hybridized carbons (Fsp3) is 0.438. The first-order valence-electron chi connectivity index (χ1n) is 7.73. The quantitative estimate of drug-likeness (QED) is 0.847. The van der Waals surface area contributed by atoms with Gasteiger partial charge in [-0.2, -0.15) is 18.3 Å². The van der Waals surface area contributed by atoms with Gasteiger partial charge in [-0.3, -0.25) is 14.6 Å². The summed E-state index contributed by atoms with van der Waals surface area (Å²) >= 11 is 0. The number of hydrogen-bond acceptors (Lipinski definition) is 5. The highest BCUT2D eigenvalue weighted by molar-refractivity contribution is 6.39. The van der Waals surface area contributed by atoms with Gasteiger partial charge >= 0.3 is 12.1 Å². The number of carboxylic acid groups (broad SMARTS) is 1. The van der Waals surface area contributed by atoms with Gasteiger partial charge in [0.15, 0.2) is 0 Å². The van der Waals surface area contributed by atoms with Gasteiger partial charge in [0.05, 0.1) is 12.2 Å². The van der Waals surface area contributed by atoms with Gasteiger partial charge in [0.2, 0.25) is 5.91 Å². The molecule has 0 fully saturated rings. The minimum absolute atomic E-state index is 0.0650. The first-order chi connectivity index (χ1) is 12.4. The summed E-state index contributed by atoms with van der Waals surface area (Å²) < 4.78 is 31.7. The topological polar surface area (TPSA) is 103 Å². The average Bonchev–Trinajstić information content (AvgIpc) is 2.58. The molecule has 1 aliphatic rings. The number of pyridine rings is 1. The molecule has 0 atom stereocenters. The van der Waals surface area contributed by atoms with Crippen LogP contribution in [0, 0.1) is 6.92 Å². The summed E-state index contributed by atoms with van der Waals surface area (Å²) in [7, 11) is 3.28. The molecule has 11 heteroatoms. The third-order valence-corrected chi connectivity index (χ3v) is 3.55. The molecule has 0 spiro atoms. The van der Waals surface area contributed by atoms with Gasteiger partial charge in [0.25, 0.3) is 5.91 Å². The Balaban J connectivity index is 0.000000445. The molecule has 2 heterocycles. The summed E-state index contributed by atoms with van der Waals surface area (Å²) in [6.45, 7) is 2.40. The number of nitrogens with zero attached hydrogens (tertiary/aromatic N) is 4. The van der Waals surface area contributed by atoms with Gasteiger partial charge in [-0.15, -0.1) is 0 Å². The zero-order valence-corrected chi connectivity index (χ0v) is 14.9. The van der Waals surface area contributed by atoms with Gasteiger partial charge in [0, 0.05) is 33.1 Å². The third-order valence-electron chi connectivity index (χ3n) is 3.55. The molecule has 0 aliphatic carbocycles. The molecule has 0 bridgehead atoms. The lowest BCUT2D eigenvalue weighted by atomic mass is 10.1. The lowest BCUT2D eigenvalue weighted by Gasteiger charge is -2.23. The van der Waals surface area contributed by atoms with E-state index >= 15 is 0 Å². The van der Waals surface area contributed by atoms with Crippen molar-refractivity contribution in [2.45, 2.75) is 32.5 Å². The predicted octanol–water partition coefficient (Wildman–Crippen LogP) is 1.59. The summed E-state index contributed by atoms with van der Waals surface area (Å²) in [5, 5.41) is 12.4. The fourth-order valence-electron chi connectivity index (χ4n) is 2.02. The minimum atomic E-state index is -5.08. The Kier molecular flexibility index (Phi) is 7.44. The Morgan fingerprint density at radius 1 is 1.33 bits per heavy atom. The highest BCUT2D eigenvalue weighted by atomic mass is 19.4. The van der Waals surface area contributed by atoms with Crippen molar-refractivity contribution >= 4 is 23.5 Å². The molecule has 148 valence electrons. The maximum Gasteiger partial charge on any atom is 0.490 e. The third kappa shape index (κ3) is 6.68. The second-order valence-electron chi connectivity index (χ2n) is 5.70. The molecular formula is C16H19F3N4O4. The molecule has 1 aromatic rings. The Morgan fingerprint density at radius 2 is 1.93 bits per heavy atom. The van der Waals surface area contributed by atoms with Gasteiger partial charge in [0.1, 0.15) is 5.71 Å². The summed E-state index contributed by atoms with van der Waals surface area (Å²) in [5.74, 6) is -2.98. The molecule has 27 heavy (non-hydrogen) atoms. The summed E-state index contributed by atoms with van der Waals surface area (Å²) in [6.07, 6.45) is -2.64. The number of rotatable bonds is 3. The van der Waals surface area contributed by atoms with Crippen LogP contribution in [0.25, 0.3) is 0 Å². The van der Waals surface area contributed by atoms with E-state index in [1.54, 1.807) is 25.2 Å². The van der Waals surface area contributed by atoms with Crippen LogP contribution in [0.5, 0.6) is 0 Å². The maximum absolute atomic E-state index is 12.3. The molecule has 1 N–H and O–H groups in total. The predicted molar refractivity (Wildman–Crippen MR) is 88.6 cm³/mol. The number of amides is 2. The number of carbonyl (C=O) groups is 3. The van der Waals surface area contributed by atoms with E-state index in [0.717, 1.165) is 11.3 Å². The van der Waals surface area contributed by atoms with Crippen molar-refractivity contribution in [2.24, 2.45) is 5.10 Å². The van der Waals surface area contributed by atoms with Gasteiger partial charge < -0.3 is 10.0 Å². The monoisotopic (exact) mass is 388 g/mol. The largest absolute Gasteiger partial charge is 0.490 e. The van der Waals surface area contributed by atoms with E-state index in [0.29, 0.717) is 25.1 Å².